The van der Waals surface area contributed by atoms with E-state index in [4.69, 9.17) is 5.11 Å². The fraction of sp³-hybridized carbons (Fsp3) is 0.0714. The molecule has 0 saturated carbocycles. The maximum absolute atomic E-state index is 12.2. The zero-order valence-electron chi connectivity index (χ0n) is 10.0. The van der Waals surface area contributed by atoms with Crippen LogP contribution in [0.5, 0.6) is 5.75 Å². The van der Waals surface area contributed by atoms with Crippen LogP contribution in [0.1, 0.15) is 10.4 Å². The van der Waals surface area contributed by atoms with Crippen molar-refractivity contribution in [3.63, 3.8) is 0 Å². The smallest absolute Gasteiger partial charge is 0.478 e. The van der Waals surface area contributed by atoms with E-state index in [0.717, 1.165) is 18.2 Å². The maximum atomic E-state index is 12.2. The lowest BCUT2D eigenvalue weighted by Gasteiger charge is -2.12. The highest BCUT2D eigenvalue weighted by molar-refractivity contribution is 5.96. The van der Waals surface area contributed by atoms with Crippen LogP contribution >= 0.6 is 0 Å². The molecule has 0 amide bonds. The lowest BCUT2D eigenvalue weighted by Crippen LogP contribution is -2.17. The van der Waals surface area contributed by atoms with Crippen LogP contribution in [0.4, 0.5) is 13.2 Å². The SMILES string of the molecule is O=C(O)c1ccc(OC(F)(F)F)cc1-c1ccccc1. The van der Waals surface area contributed by atoms with Gasteiger partial charge in [-0.05, 0) is 29.3 Å². The minimum Gasteiger partial charge on any atom is -0.478 e. The molecule has 0 fully saturated rings. The molecule has 6 heteroatoms. The number of hydrogen-bond acceptors (Lipinski definition) is 2. The molecule has 104 valence electrons. The van der Waals surface area contributed by atoms with Gasteiger partial charge in [-0.1, -0.05) is 30.3 Å². The van der Waals surface area contributed by atoms with Crippen molar-refractivity contribution in [3.8, 4) is 16.9 Å². The van der Waals surface area contributed by atoms with Crippen molar-refractivity contribution in [1.29, 1.82) is 0 Å². The Morgan fingerprint density at radius 1 is 1.05 bits per heavy atom. The second-order valence-corrected chi connectivity index (χ2v) is 3.93. The number of carboxylic acids is 1. The molecule has 0 spiro atoms. The first-order valence-corrected chi connectivity index (χ1v) is 5.55. The minimum atomic E-state index is -4.82. The van der Waals surface area contributed by atoms with Crippen molar-refractivity contribution in [2.45, 2.75) is 6.36 Å². The zero-order chi connectivity index (χ0) is 14.8. The number of alkyl halides is 3. The summed E-state index contributed by atoms with van der Waals surface area (Å²) in [5, 5.41) is 9.09. The zero-order valence-corrected chi connectivity index (χ0v) is 10.0. The molecule has 0 aliphatic carbocycles. The summed E-state index contributed by atoms with van der Waals surface area (Å²) in [5.41, 5.74) is 0.572. The molecular formula is C14H9F3O3. The van der Waals surface area contributed by atoms with Gasteiger partial charge in [-0.2, -0.15) is 0 Å². The van der Waals surface area contributed by atoms with Gasteiger partial charge in [-0.3, -0.25) is 0 Å². The first-order chi connectivity index (χ1) is 9.37. The van der Waals surface area contributed by atoms with Gasteiger partial charge in [0, 0.05) is 0 Å². The quantitative estimate of drug-likeness (QED) is 0.927. The number of hydrogen-bond donors (Lipinski definition) is 1. The molecule has 0 aliphatic rings. The Labute approximate surface area is 112 Å². The topological polar surface area (TPSA) is 46.5 Å². The van der Waals surface area contributed by atoms with Gasteiger partial charge in [0.2, 0.25) is 0 Å². The predicted octanol–water partition coefficient (Wildman–Crippen LogP) is 3.95. The van der Waals surface area contributed by atoms with Gasteiger partial charge in [-0.25, -0.2) is 4.79 Å². The highest BCUT2D eigenvalue weighted by Crippen LogP contribution is 2.30. The second-order valence-electron chi connectivity index (χ2n) is 3.93. The molecule has 0 heterocycles. The Morgan fingerprint density at radius 2 is 1.70 bits per heavy atom. The Kier molecular flexibility index (Phi) is 3.65. The molecule has 0 saturated heterocycles. The van der Waals surface area contributed by atoms with Crippen LogP contribution in [0.15, 0.2) is 48.5 Å². The van der Waals surface area contributed by atoms with E-state index in [2.05, 4.69) is 4.74 Å². The van der Waals surface area contributed by atoms with Gasteiger partial charge in [0.25, 0.3) is 0 Å². The van der Waals surface area contributed by atoms with Gasteiger partial charge in [0.05, 0.1) is 5.56 Å². The van der Waals surface area contributed by atoms with Gasteiger partial charge in [0.1, 0.15) is 5.75 Å². The molecule has 0 aliphatic heterocycles. The standard InChI is InChI=1S/C14H9F3O3/c15-14(16,17)20-10-6-7-11(13(18)19)12(8-10)9-4-2-1-3-5-9/h1-8H,(H,18,19). The summed E-state index contributed by atoms with van der Waals surface area (Å²) in [7, 11) is 0. The molecule has 2 rings (SSSR count). The first-order valence-electron chi connectivity index (χ1n) is 5.55. The second kappa shape index (κ2) is 5.24. The van der Waals surface area contributed by atoms with Gasteiger partial charge in [-0.15, -0.1) is 13.2 Å². The number of halogens is 3. The number of benzene rings is 2. The molecular weight excluding hydrogens is 273 g/mol. The lowest BCUT2D eigenvalue weighted by atomic mass is 9.99. The summed E-state index contributed by atoms with van der Waals surface area (Å²) < 4.78 is 40.4. The minimum absolute atomic E-state index is 0.0919. The van der Waals surface area contributed by atoms with E-state index in [9.17, 15) is 18.0 Å². The van der Waals surface area contributed by atoms with Crippen LogP contribution in [-0.2, 0) is 0 Å². The Hall–Kier alpha value is -2.50. The molecule has 1 N–H and O–H groups in total. The number of rotatable bonds is 3. The van der Waals surface area contributed by atoms with E-state index in [-0.39, 0.29) is 11.1 Å². The average Bonchev–Trinajstić information content (AvgIpc) is 2.37. The molecule has 0 bridgehead atoms. The van der Waals surface area contributed by atoms with Crippen molar-refractivity contribution < 1.29 is 27.8 Å². The summed E-state index contributed by atoms with van der Waals surface area (Å²) in [6.45, 7) is 0. The third-order valence-corrected chi connectivity index (χ3v) is 2.54. The van der Waals surface area contributed by atoms with E-state index in [1.165, 1.54) is 0 Å². The molecule has 3 nitrogen and oxygen atoms in total. The van der Waals surface area contributed by atoms with E-state index in [1.54, 1.807) is 30.3 Å². The fourth-order valence-corrected chi connectivity index (χ4v) is 1.76. The Morgan fingerprint density at radius 3 is 2.25 bits per heavy atom. The van der Waals surface area contributed by atoms with E-state index in [0.29, 0.717) is 5.56 Å². The largest absolute Gasteiger partial charge is 0.573 e. The third kappa shape index (κ3) is 3.28. The van der Waals surface area contributed by atoms with E-state index < -0.39 is 18.1 Å². The summed E-state index contributed by atoms with van der Waals surface area (Å²) in [6.07, 6.45) is -4.82. The van der Waals surface area contributed by atoms with Crippen molar-refractivity contribution in [2.24, 2.45) is 0 Å². The molecule has 0 aromatic heterocycles. The van der Waals surface area contributed by atoms with Crippen LogP contribution < -0.4 is 4.74 Å². The number of ether oxygens (including phenoxy) is 1. The highest BCUT2D eigenvalue weighted by Gasteiger charge is 2.31. The van der Waals surface area contributed by atoms with Crippen molar-refractivity contribution in [1.82, 2.24) is 0 Å². The molecule has 0 radical (unpaired) electrons. The third-order valence-electron chi connectivity index (χ3n) is 2.54. The summed E-state index contributed by atoms with van der Waals surface area (Å²) in [6, 6.07) is 11.4. The van der Waals surface area contributed by atoms with Crippen LogP contribution in [0.2, 0.25) is 0 Å². The lowest BCUT2D eigenvalue weighted by molar-refractivity contribution is -0.274. The van der Waals surface area contributed by atoms with E-state index >= 15 is 0 Å². The molecule has 2 aromatic rings. The normalized spacial score (nSPS) is 11.2. The molecule has 2 aromatic carbocycles. The number of aromatic carboxylic acids is 1. The van der Waals surface area contributed by atoms with Gasteiger partial charge in [0.15, 0.2) is 0 Å². The van der Waals surface area contributed by atoms with Crippen molar-refractivity contribution in [3.05, 3.63) is 54.1 Å². The van der Waals surface area contributed by atoms with Gasteiger partial charge < -0.3 is 9.84 Å². The molecule has 0 atom stereocenters. The monoisotopic (exact) mass is 282 g/mol. The predicted molar refractivity (Wildman–Crippen MR) is 65.5 cm³/mol. The first kappa shape index (κ1) is 13.9. The molecule has 0 unspecified atom stereocenters. The van der Waals surface area contributed by atoms with Crippen LogP contribution in [0.25, 0.3) is 11.1 Å². The maximum Gasteiger partial charge on any atom is 0.573 e. The number of carbonyl (C=O) groups is 1. The summed E-state index contributed by atoms with van der Waals surface area (Å²) in [4.78, 5) is 11.1. The van der Waals surface area contributed by atoms with Crippen LogP contribution in [0.3, 0.4) is 0 Å². The summed E-state index contributed by atoms with van der Waals surface area (Å²) >= 11 is 0. The van der Waals surface area contributed by atoms with E-state index in [1.807, 2.05) is 0 Å². The van der Waals surface area contributed by atoms with Gasteiger partial charge >= 0.3 is 12.3 Å². The fourth-order valence-electron chi connectivity index (χ4n) is 1.76. The van der Waals surface area contributed by atoms with Crippen molar-refractivity contribution in [2.75, 3.05) is 0 Å². The van der Waals surface area contributed by atoms with Crippen LogP contribution in [-0.4, -0.2) is 17.4 Å². The average molecular weight is 282 g/mol. The molecule has 20 heavy (non-hydrogen) atoms. The van der Waals surface area contributed by atoms with Crippen molar-refractivity contribution >= 4 is 5.97 Å². The van der Waals surface area contributed by atoms with Crippen LogP contribution in [0, 0.1) is 0 Å². The Balaban J connectivity index is 2.51. The summed E-state index contributed by atoms with van der Waals surface area (Å²) in [5.74, 6) is -1.68. The number of carboxylic acid groups (broad SMARTS) is 1. The highest BCUT2D eigenvalue weighted by atomic mass is 19.4. The Bertz CT molecular complexity index is 621.